The lowest BCUT2D eigenvalue weighted by Gasteiger charge is -2.08. The molecular weight excluding hydrogens is 334 g/mol. The lowest BCUT2D eigenvalue weighted by atomic mass is 10.2. The average Bonchev–Trinajstić information content (AvgIpc) is 2.41. The van der Waals surface area contributed by atoms with Crippen molar-refractivity contribution in [2.45, 2.75) is 6.61 Å². The molecule has 0 fully saturated rings. The predicted molar refractivity (Wildman–Crippen MR) is 73.0 cm³/mol. The molecule has 2 rings (SSSR count). The van der Waals surface area contributed by atoms with Crippen LogP contribution in [0.25, 0.3) is 0 Å². The van der Waals surface area contributed by atoms with Crippen molar-refractivity contribution in [2.24, 2.45) is 0 Å². The molecule has 0 unspecified atom stereocenters. The Balaban J connectivity index is 2.07. The van der Waals surface area contributed by atoms with E-state index in [1.54, 1.807) is 18.3 Å². The number of anilines is 1. The number of carbonyl (C=O) groups excluding carboxylic acids is 1. The molecule has 0 saturated heterocycles. The van der Waals surface area contributed by atoms with Gasteiger partial charge in [0, 0.05) is 11.9 Å². The summed E-state index contributed by atoms with van der Waals surface area (Å²) in [6, 6.07) is 8.89. The molecule has 7 heteroatoms. The fourth-order valence-corrected chi connectivity index (χ4v) is 1.90. The number of rotatable bonds is 4. The van der Waals surface area contributed by atoms with Crippen LogP contribution in [0.1, 0.15) is 10.4 Å². The first-order valence-corrected chi connectivity index (χ1v) is 6.32. The van der Waals surface area contributed by atoms with Gasteiger partial charge in [0.1, 0.15) is 10.4 Å². The molecule has 0 saturated carbocycles. The van der Waals surface area contributed by atoms with E-state index in [1.807, 2.05) is 0 Å². The van der Waals surface area contributed by atoms with Crippen molar-refractivity contribution in [3.8, 4) is 5.75 Å². The van der Waals surface area contributed by atoms with Crippen LogP contribution in [0.5, 0.6) is 5.75 Å². The molecule has 1 N–H and O–H groups in total. The maximum Gasteiger partial charge on any atom is 0.387 e. The summed E-state index contributed by atoms with van der Waals surface area (Å²) in [6.45, 7) is -2.87. The van der Waals surface area contributed by atoms with Crippen LogP contribution < -0.4 is 10.1 Å². The van der Waals surface area contributed by atoms with Gasteiger partial charge in [0.15, 0.2) is 0 Å². The minimum Gasteiger partial charge on any atom is -0.435 e. The van der Waals surface area contributed by atoms with Crippen molar-refractivity contribution in [2.75, 3.05) is 5.32 Å². The SMILES string of the molecule is O=C(Nc1ccc(OC(F)F)cc1)c1cccnc1Br. The molecule has 0 atom stereocenters. The maximum atomic E-state index is 12.0. The first-order valence-electron chi connectivity index (χ1n) is 5.53. The zero-order chi connectivity index (χ0) is 14.5. The highest BCUT2D eigenvalue weighted by atomic mass is 79.9. The molecule has 104 valence electrons. The Morgan fingerprint density at radius 3 is 2.55 bits per heavy atom. The van der Waals surface area contributed by atoms with Crippen LogP contribution in [0, 0.1) is 0 Å². The second-order valence-corrected chi connectivity index (χ2v) is 4.45. The molecule has 1 heterocycles. The summed E-state index contributed by atoms with van der Waals surface area (Å²) in [4.78, 5) is 15.9. The number of halogens is 3. The molecule has 1 amide bonds. The van der Waals surface area contributed by atoms with Crippen molar-refractivity contribution in [3.05, 3.63) is 52.8 Å². The number of alkyl halides is 2. The number of carbonyl (C=O) groups is 1. The van der Waals surface area contributed by atoms with Gasteiger partial charge in [0.25, 0.3) is 5.91 Å². The van der Waals surface area contributed by atoms with Gasteiger partial charge in [0.05, 0.1) is 5.56 Å². The second-order valence-electron chi connectivity index (χ2n) is 3.70. The fraction of sp³-hybridized carbons (Fsp3) is 0.0769. The van der Waals surface area contributed by atoms with Crippen molar-refractivity contribution >= 4 is 27.5 Å². The summed E-state index contributed by atoms with van der Waals surface area (Å²) in [7, 11) is 0. The van der Waals surface area contributed by atoms with Gasteiger partial charge < -0.3 is 10.1 Å². The molecule has 4 nitrogen and oxygen atoms in total. The largest absolute Gasteiger partial charge is 0.435 e. The Kier molecular flexibility index (Phi) is 4.62. The number of hydrogen-bond donors (Lipinski definition) is 1. The van der Waals surface area contributed by atoms with Crippen LogP contribution in [-0.2, 0) is 0 Å². The van der Waals surface area contributed by atoms with E-state index >= 15 is 0 Å². The van der Waals surface area contributed by atoms with Gasteiger partial charge in [-0.1, -0.05) is 0 Å². The zero-order valence-corrected chi connectivity index (χ0v) is 11.6. The van der Waals surface area contributed by atoms with Crippen molar-refractivity contribution in [3.63, 3.8) is 0 Å². The average molecular weight is 343 g/mol. The summed E-state index contributed by atoms with van der Waals surface area (Å²) >= 11 is 3.17. The molecule has 0 aliphatic rings. The number of aromatic nitrogens is 1. The monoisotopic (exact) mass is 342 g/mol. The van der Waals surface area contributed by atoms with E-state index in [0.717, 1.165) is 0 Å². The normalized spacial score (nSPS) is 10.4. The van der Waals surface area contributed by atoms with Crippen LogP contribution in [0.3, 0.4) is 0 Å². The first-order chi connectivity index (χ1) is 9.56. The van der Waals surface area contributed by atoms with E-state index in [4.69, 9.17) is 0 Å². The van der Waals surface area contributed by atoms with E-state index in [0.29, 0.717) is 15.9 Å². The summed E-state index contributed by atoms with van der Waals surface area (Å²) in [5.74, 6) is -0.326. The third kappa shape index (κ3) is 3.74. The summed E-state index contributed by atoms with van der Waals surface area (Å²) < 4.78 is 28.6. The molecule has 0 bridgehead atoms. The van der Waals surface area contributed by atoms with Crippen LogP contribution in [0.15, 0.2) is 47.2 Å². The van der Waals surface area contributed by atoms with Crippen molar-refractivity contribution in [1.82, 2.24) is 4.98 Å². The maximum absolute atomic E-state index is 12.0. The molecule has 2 aromatic rings. The van der Waals surface area contributed by atoms with Gasteiger partial charge in [0.2, 0.25) is 0 Å². The molecule has 1 aromatic carbocycles. The molecule has 0 radical (unpaired) electrons. The number of amides is 1. The smallest absolute Gasteiger partial charge is 0.387 e. The molecule has 0 aliphatic carbocycles. The number of nitrogens with zero attached hydrogens (tertiary/aromatic N) is 1. The highest BCUT2D eigenvalue weighted by molar-refractivity contribution is 9.10. The Bertz CT molecular complexity index is 606. The predicted octanol–water partition coefficient (Wildman–Crippen LogP) is 3.70. The van der Waals surface area contributed by atoms with Crippen LogP contribution in [-0.4, -0.2) is 17.5 Å². The van der Waals surface area contributed by atoms with E-state index in [2.05, 4.69) is 31.0 Å². The van der Waals surface area contributed by atoms with Gasteiger partial charge >= 0.3 is 6.61 Å². The highest BCUT2D eigenvalue weighted by Crippen LogP contribution is 2.19. The second kappa shape index (κ2) is 6.42. The fourth-order valence-electron chi connectivity index (χ4n) is 1.47. The molecule has 20 heavy (non-hydrogen) atoms. The van der Waals surface area contributed by atoms with E-state index in [1.165, 1.54) is 24.3 Å². The lowest BCUT2D eigenvalue weighted by Crippen LogP contribution is -2.13. The summed E-state index contributed by atoms with van der Waals surface area (Å²) in [6.07, 6.45) is 1.55. The Labute approximate surface area is 121 Å². The van der Waals surface area contributed by atoms with E-state index < -0.39 is 6.61 Å². The van der Waals surface area contributed by atoms with Crippen LogP contribution in [0.2, 0.25) is 0 Å². The first kappa shape index (κ1) is 14.4. The minimum atomic E-state index is -2.87. The summed E-state index contributed by atoms with van der Waals surface area (Å²) in [5.41, 5.74) is 0.841. The third-order valence-corrected chi connectivity index (χ3v) is 2.97. The Morgan fingerprint density at radius 1 is 1.25 bits per heavy atom. The van der Waals surface area contributed by atoms with Crippen molar-refractivity contribution in [1.29, 1.82) is 0 Å². The van der Waals surface area contributed by atoms with Gasteiger partial charge in [-0.2, -0.15) is 8.78 Å². The van der Waals surface area contributed by atoms with Crippen molar-refractivity contribution < 1.29 is 18.3 Å². The van der Waals surface area contributed by atoms with Crippen LogP contribution in [0.4, 0.5) is 14.5 Å². The van der Waals surface area contributed by atoms with Gasteiger partial charge in [-0.15, -0.1) is 0 Å². The third-order valence-electron chi connectivity index (χ3n) is 2.34. The quantitative estimate of drug-likeness (QED) is 0.862. The Morgan fingerprint density at radius 2 is 1.95 bits per heavy atom. The van der Waals surface area contributed by atoms with Gasteiger partial charge in [-0.25, -0.2) is 4.98 Å². The molecule has 0 spiro atoms. The molecule has 1 aromatic heterocycles. The van der Waals surface area contributed by atoms with Crippen LogP contribution >= 0.6 is 15.9 Å². The minimum absolute atomic E-state index is 0.0283. The topological polar surface area (TPSA) is 51.2 Å². The highest BCUT2D eigenvalue weighted by Gasteiger charge is 2.11. The number of pyridine rings is 1. The van der Waals surface area contributed by atoms with Gasteiger partial charge in [-0.3, -0.25) is 4.79 Å². The standard InChI is InChI=1S/C13H9BrF2N2O2/c14-11-10(2-1-7-17-11)12(19)18-8-3-5-9(6-4-8)20-13(15)16/h1-7,13H,(H,18,19). The number of benzene rings is 1. The molecule has 0 aliphatic heterocycles. The number of ether oxygens (including phenoxy) is 1. The Hall–Kier alpha value is -2.02. The van der Waals surface area contributed by atoms with E-state index in [9.17, 15) is 13.6 Å². The zero-order valence-electron chi connectivity index (χ0n) is 10.0. The number of hydrogen-bond acceptors (Lipinski definition) is 3. The molecular formula is C13H9BrF2N2O2. The lowest BCUT2D eigenvalue weighted by molar-refractivity contribution is -0.0498. The van der Waals surface area contributed by atoms with E-state index in [-0.39, 0.29) is 11.7 Å². The number of nitrogens with one attached hydrogen (secondary N) is 1. The summed E-state index contributed by atoms with van der Waals surface area (Å²) in [5, 5.41) is 2.63. The van der Waals surface area contributed by atoms with Gasteiger partial charge in [-0.05, 0) is 52.3 Å².